The molecule has 0 aliphatic carbocycles. The molecule has 15 heavy (non-hydrogen) atoms. The van der Waals surface area contributed by atoms with Crippen LogP contribution in [0, 0.1) is 11.3 Å². The number of hydrogen-bond donors (Lipinski definition) is 3. The van der Waals surface area contributed by atoms with Crippen LogP contribution in [0.25, 0.3) is 0 Å². The first-order valence-corrected chi connectivity index (χ1v) is 3.21. The van der Waals surface area contributed by atoms with Gasteiger partial charge in [0, 0.05) is 13.8 Å². The maximum absolute atomic E-state index is 9.38. The summed E-state index contributed by atoms with van der Waals surface area (Å²) in [4.78, 5) is 27.4. The summed E-state index contributed by atoms with van der Waals surface area (Å²) in [5.74, 6) is -2.74. The Morgan fingerprint density at radius 3 is 1.27 bits per heavy atom. The van der Waals surface area contributed by atoms with Gasteiger partial charge in [0.15, 0.2) is 0 Å². The fourth-order valence-electron chi connectivity index (χ4n) is 0.0676. The van der Waals surface area contributed by atoms with Gasteiger partial charge < -0.3 is 15.3 Å². The van der Waals surface area contributed by atoms with Crippen LogP contribution in [0.2, 0.25) is 0 Å². The number of carboxylic acid groups (broad SMARTS) is 3. The molecular formula is C7H12NNaO6. The summed E-state index contributed by atoms with van der Waals surface area (Å²) < 4.78 is 0. The van der Waals surface area contributed by atoms with Crippen molar-refractivity contribution in [1.29, 1.82) is 5.26 Å². The fourth-order valence-corrected chi connectivity index (χ4v) is 0.0676. The summed E-state index contributed by atoms with van der Waals surface area (Å²) in [5.41, 5.74) is 0. The van der Waals surface area contributed by atoms with Crippen LogP contribution in [0.5, 0.6) is 0 Å². The third-order valence-corrected chi connectivity index (χ3v) is 0.230. The van der Waals surface area contributed by atoms with E-state index in [1.165, 1.54) is 6.07 Å². The van der Waals surface area contributed by atoms with Crippen LogP contribution < -0.4 is 0 Å². The zero-order valence-corrected chi connectivity index (χ0v) is 7.72. The molecule has 0 saturated carbocycles. The molecule has 0 unspecified atom stereocenters. The van der Waals surface area contributed by atoms with Crippen molar-refractivity contribution in [2.24, 2.45) is 0 Å². The molecule has 0 bridgehead atoms. The first-order chi connectivity index (χ1) is 6.23. The molecule has 3 N–H and O–H groups in total. The van der Waals surface area contributed by atoms with Crippen molar-refractivity contribution in [2.75, 3.05) is 0 Å². The number of carbonyl (C=O) groups is 3. The predicted molar refractivity (Wildman–Crippen MR) is 51.6 cm³/mol. The molecule has 0 atom stereocenters. The predicted octanol–water partition coefficient (Wildman–Crippen LogP) is -0.482. The van der Waals surface area contributed by atoms with Crippen molar-refractivity contribution in [3.63, 3.8) is 0 Å². The van der Waals surface area contributed by atoms with Gasteiger partial charge in [0.05, 0.1) is 6.07 Å². The van der Waals surface area contributed by atoms with Gasteiger partial charge in [-0.3, -0.25) is 14.4 Å². The molecule has 8 heteroatoms. The summed E-state index contributed by atoms with van der Waals surface area (Å²) in [6, 6.07) is 1.47. The minimum atomic E-state index is -1.07. The van der Waals surface area contributed by atoms with Gasteiger partial charge in [-0.25, -0.2) is 0 Å². The molecule has 82 valence electrons. The van der Waals surface area contributed by atoms with E-state index in [0.29, 0.717) is 0 Å². The minimum absolute atomic E-state index is 0. The Bertz CT molecular complexity index is 214. The fraction of sp³-hybridized carbons (Fsp3) is 0.429. The van der Waals surface area contributed by atoms with E-state index in [2.05, 4.69) is 0 Å². The van der Waals surface area contributed by atoms with E-state index in [-0.39, 0.29) is 29.6 Å². The molecule has 0 amide bonds. The zero-order valence-electron chi connectivity index (χ0n) is 7.72. The third kappa shape index (κ3) is 425. The van der Waals surface area contributed by atoms with E-state index in [1.54, 1.807) is 0 Å². The van der Waals surface area contributed by atoms with E-state index in [1.807, 2.05) is 0 Å². The van der Waals surface area contributed by atoms with Crippen LogP contribution in [0.1, 0.15) is 20.3 Å². The first-order valence-electron chi connectivity index (χ1n) is 3.21. The number of carboxylic acids is 3. The second kappa shape index (κ2) is 18.6. The number of aliphatic carboxylic acids is 3. The molecular weight excluding hydrogens is 217 g/mol. The molecule has 0 heterocycles. The standard InChI is InChI=1S/C3H3NO2.2C2H4O2.Na.H/c4-2-1-3(5)6;2*1-2(3)4;;/h1H2,(H,5,6);2*1H3,(H,3,4);;. The molecule has 0 saturated heterocycles. The maximum atomic E-state index is 9.38. The average molecular weight is 229 g/mol. The normalized spacial score (nSPS) is 5.93. The second-order valence-corrected chi connectivity index (χ2v) is 1.77. The van der Waals surface area contributed by atoms with Gasteiger partial charge in [-0.05, 0) is 0 Å². The van der Waals surface area contributed by atoms with Gasteiger partial charge in [-0.2, -0.15) is 5.26 Å². The Hall–Kier alpha value is -1.10. The molecule has 0 rings (SSSR count). The van der Waals surface area contributed by atoms with E-state index >= 15 is 0 Å². The number of rotatable bonds is 1. The summed E-state index contributed by atoms with van der Waals surface area (Å²) >= 11 is 0. The summed E-state index contributed by atoms with van der Waals surface area (Å²) in [7, 11) is 0. The van der Waals surface area contributed by atoms with Crippen LogP contribution in [-0.4, -0.2) is 62.8 Å². The van der Waals surface area contributed by atoms with E-state index in [4.69, 9.17) is 30.2 Å². The molecule has 7 nitrogen and oxygen atoms in total. The van der Waals surface area contributed by atoms with Crippen LogP contribution in [0.4, 0.5) is 0 Å². The van der Waals surface area contributed by atoms with Crippen LogP contribution in [0.15, 0.2) is 0 Å². The van der Waals surface area contributed by atoms with Crippen molar-refractivity contribution in [1.82, 2.24) is 0 Å². The van der Waals surface area contributed by atoms with Crippen LogP contribution in [0.3, 0.4) is 0 Å². The Balaban J connectivity index is -0.0000000606. The van der Waals surface area contributed by atoms with Gasteiger partial charge in [-0.1, -0.05) is 0 Å². The van der Waals surface area contributed by atoms with Crippen molar-refractivity contribution in [3.8, 4) is 6.07 Å². The van der Waals surface area contributed by atoms with E-state index in [0.717, 1.165) is 13.8 Å². The van der Waals surface area contributed by atoms with Gasteiger partial charge in [-0.15, -0.1) is 0 Å². The Kier molecular flexibility index (Phi) is 29.3. The Morgan fingerprint density at radius 2 is 1.27 bits per heavy atom. The van der Waals surface area contributed by atoms with Crippen LogP contribution in [-0.2, 0) is 14.4 Å². The SMILES string of the molecule is CC(=O)O.CC(=O)O.N#CCC(=O)O.[NaH]. The van der Waals surface area contributed by atoms with Crippen LogP contribution >= 0.6 is 0 Å². The molecule has 0 aliphatic heterocycles. The first kappa shape index (κ1) is 23.6. The van der Waals surface area contributed by atoms with E-state index < -0.39 is 24.3 Å². The molecule has 0 aromatic rings. The molecule has 0 aromatic carbocycles. The van der Waals surface area contributed by atoms with Gasteiger partial charge >= 0.3 is 35.5 Å². The van der Waals surface area contributed by atoms with Gasteiger partial charge in [0.1, 0.15) is 6.42 Å². The zero-order chi connectivity index (χ0) is 12.1. The molecule has 0 fully saturated rings. The van der Waals surface area contributed by atoms with Gasteiger partial charge in [0.2, 0.25) is 0 Å². The van der Waals surface area contributed by atoms with Crippen molar-refractivity contribution in [2.45, 2.75) is 20.3 Å². The number of nitrogens with zero attached hydrogens (tertiary/aromatic N) is 1. The third-order valence-electron chi connectivity index (χ3n) is 0.230. The van der Waals surface area contributed by atoms with Crippen molar-refractivity contribution in [3.05, 3.63) is 0 Å². The van der Waals surface area contributed by atoms with E-state index in [9.17, 15) is 4.79 Å². The average Bonchev–Trinajstić information content (AvgIpc) is 1.82. The summed E-state index contributed by atoms with van der Waals surface area (Å²) in [5, 5.41) is 30.1. The molecule has 0 spiro atoms. The second-order valence-electron chi connectivity index (χ2n) is 1.77. The number of nitriles is 1. The Morgan fingerprint density at radius 1 is 1.07 bits per heavy atom. The quantitative estimate of drug-likeness (QED) is 0.516. The number of hydrogen-bond acceptors (Lipinski definition) is 4. The molecule has 0 aromatic heterocycles. The summed E-state index contributed by atoms with van der Waals surface area (Å²) in [6.45, 7) is 2.17. The van der Waals surface area contributed by atoms with Crippen molar-refractivity contribution < 1.29 is 29.7 Å². The van der Waals surface area contributed by atoms with Crippen molar-refractivity contribution >= 4 is 47.5 Å². The molecule has 0 aliphatic rings. The van der Waals surface area contributed by atoms with Gasteiger partial charge in [0.25, 0.3) is 11.9 Å². The monoisotopic (exact) mass is 229 g/mol. The topological polar surface area (TPSA) is 136 Å². The Labute approximate surface area is 109 Å². The molecule has 0 radical (unpaired) electrons. The summed E-state index contributed by atoms with van der Waals surface area (Å²) in [6.07, 6.45) is -0.403.